The van der Waals surface area contributed by atoms with Crippen LogP contribution in [0, 0.1) is 0 Å². The molecule has 0 saturated carbocycles. The topological polar surface area (TPSA) is 21.3 Å². The van der Waals surface area contributed by atoms with E-state index in [-0.39, 0.29) is 11.5 Å². The van der Waals surface area contributed by atoms with Crippen LogP contribution in [0.15, 0.2) is 42.2 Å². The first-order valence-electron chi connectivity index (χ1n) is 7.90. The first-order chi connectivity index (χ1) is 9.78. The molecule has 0 amide bonds. The average molecular weight is 273 g/mol. The van der Waals surface area contributed by atoms with Gasteiger partial charge in [0.2, 0.25) is 0 Å². The molecule has 1 aromatic carbocycles. The largest absolute Gasteiger partial charge is 0.496 e. The molecule has 0 aliphatic carbocycles. The monoisotopic (exact) mass is 273 g/mol. The summed E-state index contributed by atoms with van der Waals surface area (Å²) in [5.41, 5.74) is 1.51. The molecule has 1 heterocycles. The van der Waals surface area contributed by atoms with E-state index >= 15 is 0 Å². The van der Waals surface area contributed by atoms with E-state index in [4.69, 9.17) is 4.74 Å². The van der Waals surface area contributed by atoms with Gasteiger partial charge in [-0.05, 0) is 31.0 Å². The van der Waals surface area contributed by atoms with Crippen molar-refractivity contribution < 1.29 is 4.74 Å². The van der Waals surface area contributed by atoms with E-state index in [1.807, 2.05) is 0 Å². The lowest BCUT2D eigenvalue weighted by atomic mass is 9.69. The summed E-state index contributed by atoms with van der Waals surface area (Å²) in [5.74, 6) is 1.14. The maximum atomic E-state index is 5.90. The summed E-state index contributed by atoms with van der Waals surface area (Å²) in [6.07, 6.45) is 5.50. The van der Waals surface area contributed by atoms with Crippen LogP contribution in [0.4, 0.5) is 0 Å². The lowest BCUT2D eigenvalue weighted by Gasteiger charge is -2.41. The first kappa shape index (κ1) is 15.1. The fourth-order valence-corrected chi connectivity index (χ4v) is 3.41. The predicted octanol–water partition coefficient (Wildman–Crippen LogP) is 4.03. The third kappa shape index (κ3) is 2.76. The molecule has 110 valence electrons. The van der Waals surface area contributed by atoms with Gasteiger partial charge in [-0.25, -0.2) is 0 Å². The fraction of sp³-hybridized carbons (Fsp3) is 0.556. The van der Waals surface area contributed by atoms with Crippen molar-refractivity contribution in [2.45, 2.75) is 51.5 Å². The van der Waals surface area contributed by atoms with Gasteiger partial charge in [0.1, 0.15) is 5.76 Å². The molecule has 2 nitrogen and oxygen atoms in total. The van der Waals surface area contributed by atoms with Crippen molar-refractivity contribution in [3.8, 4) is 0 Å². The summed E-state index contributed by atoms with van der Waals surface area (Å²) in [5, 5.41) is 3.67. The highest BCUT2D eigenvalue weighted by atomic mass is 16.5. The van der Waals surface area contributed by atoms with Gasteiger partial charge in [0.05, 0.1) is 12.6 Å². The van der Waals surface area contributed by atoms with Crippen molar-refractivity contribution in [2.75, 3.05) is 13.2 Å². The fourth-order valence-electron chi connectivity index (χ4n) is 3.41. The minimum Gasteiger partial charge on any atom is -0.496 e. The highest BCUT2D eigenvalue weighted by Crippen LogP contribution is 2.39. The summed E-state index contributed by atoms with van der Waals surface area (Å²) in [6, 6.07) is 11.2. The molecular weight excluding hydrogens is 246 g/mol. The first-order valence-corrected chi connectivity index (χ1v) is 7.90. The van der Waals surface area contributed by atoms with Gasteiger partial charge in [-0.15, -0.1) is 0 Å². The van der Waals surface area contributed by atoms with Crippen molar-refractivity contribution in [2.24, 2.45) is 0 Å². The van der Waals surface area contributed by atoms with Crippen LogP contribution in [0.1, 0.15) is 45.6 Å². The van der Waals surface area contributed by atoms with Crippen molar-refractivity contribution in [3.05, 3.63) is 47.7 Å². The third-order valence-corrected chi connectivity index (χ3v) is 4.59. The number of hydrogen-bond donors (Lipinski definition) is 1. The number of ether oxygens (including phenoxy) is 1. The predicted molar refractivity (Wildman–Crippen MR) is 84.8 cm³/mol. The van der Waals surface area contributed by atoms with E-state index in [2.05, 4.69) is 62.5 Å². The van der Waals surface area contributed by atoms with Crippen LogP contribution in [-0.4, -0.2) is 19.2 Å². The molecule has 0 spiro atoms. The molecule has 1 aromatic rings. The zero-order valence-electron chi connectivity index (χ0n) is 13.0. The maximum absolute atomic E-state index is 5.90. The van der Waals surface area contributed by atoms with Gasteiger partial charge in [-0.1, -0.05) is 51.1 Å². The molecule has 1 atom stereocenters. The summed E-state index contributed by atoms with van der Waals surface area (Å²) in [7, 11) is 0. The molecule has 1 unspecified atom stereocenters. The molecule has 0 fully saturated rings. The van der Waals surface area contributed by atoms with E-state index in [1.54, 1.807) is 0 Å². The van der Waals surface area contributed by atoms with E-state index < -0.39 is 0 Å². The lowest BCUT2D eigenvalue weighted by Crippen LogP contribution is -2.49. The number of likely N-dealkylation sites (N-methyl/N-ethyl adjacent to an activating group) is 1. The van der Waals surface area contributed by atoms with E-state index in [0.29, 0.717) is 0 Å². The Bertz CT molecular complexity index is 434. The molecule has 0 aromatic heterocycles. The Morgan fingerprint density at radius 3 is 2.35 bits per heavy atom. The molecule has 0 bridgehead atoms. The summed E-state index contributed by atoms with van der Waals surface area (Å²) >= 11 is 0. The van der Waals surface area contributed by atoms with Crippen LogP contribution in [0.5, 0.6) is 0 Å². The Morgan fingerprint density at radius 1 is 1.15 bits per heavy atom. The minimum absolute atomic E-state index is 0.105. The Hall–Kier alpha value is -1.28. The smallest absolute Gasteiger partial charge is 0.110 e. The van der Waals surface area contributed by atoms with Crippen LogP contribution in [0.25, 0.3) is 0 Å². The minimum atomic E-state index is 0.105. The van der Waals surface area contributed by atoms with Crippen molar-refractivity contribution in [1.82, 2.24) is 5.32 Å². The van der Waals surface area contributed by atoms with Crippen LogP contribution in [0.2, 0.25) is 0 Å². The zero-order valence-corrected chi connectivity index (χ0v) is 13.0. The van der Waals surface area contributed by atoms with E-state index in [1.165, 1.54) is 5.56 Å². The standard InChI is InChI=1S/C18H27NO/c1-4-18(5-2,15-11-8-7-9-12-15)17(19-6-3)16-13-10-14-20-16/h7-9,11-13,17,19H,4-6,10,14H2,1-3H3. The van der Waals surface area contributed by atoms with Gasteiger partial charge in [0.25, 0.3) is 0 Å². The number of benzene rings is 1. The molecule has 2 heteroatoms. The molecular formula is C18H27NO. The van der Waals surface area contributed by atoms with Crippen LogP contribution in [-0.2, 0) is 10.2 Å². The van der Waals surface area contributed by atoms with Gasteiger partial charge in [-0.2, -0.15) is 0 Å². The van der Waals surface area contributed by atoms with Crippen molar-refractivity contribution in [3.63, 3.8) is 0 Å². The molecule has 1 aliphatic heterocycles. The summed E-state index contributed by atoms with van der Waals surface area (Å²) in [4.78, 5) is 0. The van der Waals surface area contributed by atoms with Gasteiger partial charge in [0, 0.05) is 11.8 Å². The molecule has 0 saturated heterocycles. The van der Waals surface area contributed by atoms with Gasteiger partial charge in [-0.3, -0.25) is 0 Å². The van der Waals surface area contributed by atoms with Crippen molar-refractivity contribution in [1.29, 1.82) is 0 Å². The molecule has 20 heavy (non-hydrogen) atoms. The van der Waals surface area contributed by atoms with Gasteiger partial charge < -0.3 is 10.1 Å². The Kier molecular flexibility index (Phi) is 5.24. The lowest BCUT2D eigenvalue weighted by molar-refractivity contribution is 0.172. The molecule has 1 aliphatic rings. The number of rotatable bonds is 7. The maximum Gasteiger partial charge on any atom is 0.110 e. The van der Waals surface area contributed by atoms with Gasteiger partial charge >= 0.3 is 0 Å². The normalized spacial score (nSPS) is 16.6. The SMILES string of the molecule is CCNC(C1=CCCO1)C(CC)(CC)c1ccccc1. The van der Waals surface area contributed by atoms with Gasteiger partial charge in [0.15, 0.2) is 0 Å². The summed E-state index contributed by atoms with van der Waals surface area (Å²) in [6.45, 7) is 8.53. The second-order valence-corrected chi connectivity index (χ2v) is 5.46. The van der Waals surface area contributed by atoms with Crippen LogP contribution >= 0.6 is 0 Å². The highest BCUT2D eigenvalue weighted by Gasteiger charge is 2.40. The molecule has 0 radical (unpaired) electrons. The molecule has 1 N–H and O–H groups in total. The second-order valence-electron chi connectivity index (χ2n) is 5.46. The quantitative estimate of drug-likeness (QED) is 0.810. The summed E-state index contributed by atoms with van der Waals surface area (Å²) < 4.78 is 5.90. The highest BCUT2D eigenvalue weighted by molar-refractivity contribution is 5.32. The van der Waals surface area contributed by atoms with Crippen molar-refractivity contribution >= 4 is 0 Å². The van der Waals surface area contributed by atoms with Crippen LogP contribution < -0.4 is 5.32 Å². The Morgan fingerprint density at radius 2 is 1.85 bits per heavy atom. The zero-order chi connectivity index (χ0) is 14.4. The Balaban J connectivity index is 2.42. The Labute approximate surface area is 123 Å². The van der Waals surface area contributed by atoms with E-state index in [0.717, 1.165) is 38.2 Å². The molecule has 2 rings (SSSR count). The second kappa shape index (κ2) is 6.94. The number of nitrogens with one attached hydrogen (secondary N) is 1. The average Bonchev–Trinajstić information content (AvgIpc) is 3.03. The number of hydrogen-bond acceptors (Lipinski definition) is 2. The van der Waals surface area contributed by atoms with Crippen LogP contribution in [0.3, 0.4) is 0 Å². The third-order valence-electron chi connectivity index (χ3n) is 4.59. The van der Waals surface area contributed by atoms with E-state index in [9.17, 15) is 0 Å².